The van der Waals surface area contributed by atoms with Crippen LogP contribution in [0.4, 0.5) is 0 Å². The quantitative estimate of drug-likeness (QED) is 0.166. The Balaban J connectivity index is 5.38. The Kier molecular flexibility index (Phi) is 11.6. The van der Waals surface area contributed by atoms with E-state index in [2.05, 4.69) is 16.0 Å². The predicted molar refractivity (Wildman–Crippen MR) is 107 cm³/mol. The van der Waals surface area contributed by atoms with Crippen molar-refractivity contribution in [2.75, 3.05) is 0 Å². The van der Waals surface area contributed by atoms with Crippen molar-refractivity contribution in [1.82, 2.24) is 16.0 Å². The predicted octanol–water partition coefficient (Wildman–Crippen LogP) is -2.43. The van der Waals surface area contributed by atoms with Gasteiger partial charge in [0.15, 0.2) is 0 Å². The minimum atomic E-state index is -1.49. The van der Waals surface area contributed by atoms with E-state index < -0.39 is 59.9 Å². The molecule has 172 valence electrons. The van der Waals surface area contributed by atoms with E-state index in [9.17, 15) is 34.2 Å². The van der Waals surface area contributed by atoms with Crippen molar-refractivity contribution in [1.29, 1.82) is 0 Å². The topological polar surface area (TPSA) is 214 Å². The minimum absolute atomic E-state index is 0.0300. The van der Waals surface area contributed by atoms with Gasteiger partial charge in [-0.3, -0.25) is 19.2 Å². The number of aliphatic hydroxyl groups is 1. The second-order valence-corrected chi connectivity index (χ2v) is 7.61. The van der Waals surface area contributed by atoms with Gasteiger partial charge in [-0.15, -0.1) is 0 Å². The Morgan fingerprint density at radius 1 is 0.867 bits per heavy atom. The molecule has 0 aromatic heterocycles. The molecule has 0 bridgehead atoms. The molecule has 0 saturated heterocycles. The number of nitrogens with one attached hydrogen (secondary N) is 3. The fourth-order valence-corrected chi connectivity index (χ4v) is 2.47. The number of rotatable bonds is 13. The first-order chi connectivity index (χ1) is 13.8. The number of aliphatic carboxylic acids is 1. The van der Waals surface area contributed by atoms with Crippen LogP contribution in [0.1, 0.15) is 47.0 Å². The summed E-state index contributed by atoms with van der Waals surface area (Å²) in [6.07, 6.45) is -1.60. The molecule has 0 spiro atoms. The lowest BCUT2D eigenvalue weighted by Gasteiger charge is -2.26. The van der Waals surface area contributed by atoms with Crippen LogP contribution in [-0.2, 0) is 24.0 Å². The van der Waals surface area contributed by atoms with E-state index in [1.807, 2.05) is 0 Å². The second-order valence-electron chi connectivity index (χ2n) is 7.61. The van der Waals surface area contributed by atoms with Crippen molar-refractivity contribution in [3.63, 3.8) is 0 Å². The lowest BCUT2D eigenvalue weighted by Crippen LogP contribution is -2.59. The number of carbonyl (C=O) groups is 5. The summed E-state index contributed by atoms with van der Waals surface area (Å²) in [7, 11) is 0. The summed E-state index contributed by atoms with van der Waals surface area (Å²) in [5.74, 6) is -4.42. The van der Waals surface area contributed by atoms with Crippen LogP contribution in [0, 0.1) is 5.92 Å². The largest absolute Gasteiger partial charge is 0.480 e. The third kappa shape index (κ3) is 10.2. The lowest BCUT2D eigenvalue weighted by atomic mass is 10.0. The van der Waals surface area contributed by atoms with Crippen molar-refractivity contribution >= 4 is 29.6 Å². The first-order valence-corrected chi connectivity index (χ1v) is 9.62. The van der Waals surface area contributed by atoms with Gasteiger partial charge in [0.25, 0.3) is 0 Å². The number of carboxylic acids is 1. The van der Waals surface area contributed by atoms with Crippen molar-refractivity contribution in [2.45, 2.75) is 77.2 Å². The molecule has 0 fully saturated rings. The Morgan fingerprint density at radius 2 is 1.40 bits per heavy atom. The molecule has 5 unspecified atom stereocenters. The zero-order valence-electron chi connectivity index (χ0n) is 17.7. The lowest BCUT2D eigenvalue weighted by molar-refractivity contribution is -0.143. The number of hydrogen-bond acceptors (Lipinski definition) is 7. The SMILES string of the molecule is CC(C)CC(NC(=O)C(NC(=O)C(CCC(N)=O)NC(=O)C(C)N)C(C)O)C(=O)O. The van der Waals surface area contributed by atoms with E-state index in [4.69, 9.17) is 11.5 Å². The molecule has 0 aliphatic carbocycles. The van der Waals surface area contributed by atoms with Crippen molar-refractivity contribution in [2.24, 2.45) is 17.4 Å². The molecule has 0 rings (SSSR count). The first-order valence-electron chi connectivity index (χ1n) is 9.62. The van der Waals surface area contributed by atoms with Gasteiger partial charge >= 0.3 is 5.97 Å². The highest BCUT2D eigenvalue weighted by molar-refractivity contribution is 5.94. The Morgan fingerprint density at radius 3 is 1.80 bits per heavy atom. The summed E-state index contributed by atoms with van der Waals surface area (Å²) in [6.45, 7) is 6.19. The Labute approximate surface area is 175 Å². The molecule has 0 radical (unpaired) electrons. The van der Waals surface area contributed by atoms with Gasteiger partial charge in [-0.1, -0.05) is 13.8 Å². The molecule has 4 amide bonds. The van der Waals surface area contributed by atoms with Crippen LogP contribution in [-0.4, -0.2) is 70.1 Å². The van der Waals surface area contributed by atoms with E-state index in [-0.39, 0.29) is 25.2 Å². The van der Waals surface area contributed by atoms with E-state index >= 15 is 0 Å². The molecular formula is C18H33N5O7. The standard InChI is InChI=1S/C18H33N5O7/c1-8(2)7-12(18(29)30)22-17(28)14(10(4)24)23-16(27)11(5-6-13(20)25)21-15(26)9(3)19/h8-12,14,24H,5-7,19H2,1-4H3,(H2,20,25)(H,21,26)(H,22,28)(H,23,27)(H,29,30). The summed E-state index contributed by atoms with van der Waals surface area (Å²) < 4.78 is 0. The number of primary amides is 1. The molecule has 0 aliphatic rings. The number of aliphatic hydroxyl groups excluding tert-OH is 1. The second kappa shape index (κ2) is 12.8. The van der Waals surface area contributed by atoms with E-state index in [1.54, 1.807) is 13.8 Å². The van der Waals surface area contributed by atoms with Crippen LogP contribution < -0.4 is 27.4 Å². The summed E-state index contributed by atoms with van der Waals surface area (Å²) >= 11 is 0. The summed E-state index contributed by atoms with van der Waals surface area (Å²) in [5.41, 5.74) is 10.6. The van der Waals surface area contributed by atoms with Gasteiger partial charge in [0, 0.05) is 6.42 Å². The van der Waals surface area contributed by atoms with Crippen LogP contribution in [0.2, 0.25) is 0 Å². The van der Waals surface area contributed by atoms with Gasteiger partial charge in [0.05, 0.1) is 12.1 Å². The molecule has 0 aliphatic heterocycles. The number of carbonyl (C=O) groups excluding carboxylic acids is 4. The van der Waals surface area contributed by atoms with Crippen LogP contribution >= 0.6 is 0 Å². The third-order valence-electron chi connectivity index (χ3n) is 4.11. The molecule has 0 aromatic carbocycles. The maximum absolute atomic E-state index is 12.6. The fraction of sp³-hybridized carbons (Fsp3) is 0.722. The van der Waals surface area contributed by atoms with Crippen LogP contribution in [0.25, 0.3) is 0 Å². The van der Waals surface area contributed by atoms with Crippen LogP contribution in [0.3, 0.4) is 0 Å². The zero-order valence-corrected chi connectivity index (χ0v) is 17.7. The highest BCUT2D eigenvalue weighted by Gasteiger charge is 2.32. The Bertz CT molecular complexity index is 636. The number of carboxylic acid groups (broad SMARTS) is 1. The van der Waals surface area contributed by atoms with Crippen molar-refractivity contribution in [3.8, 4) is 0 Å². The van der Waals surface area contributed by atoms with E-state index in [0.29, 0.717) is 0 Å². The zero-order chi connectivity index (χ0) is 23.6. The van der Waals surface area contributed by atoms with Gasteiger partial charge in [0.1, 0.15) is 18.1 Å². The monoisotopic (exact) mass is 431 g/mol. The van der Waals surface area contributed by atoms with Crippen molar-refractivity contribution in [3.05, 3.63) is 0 Å². The third-order valence-corrected chi connectivity index (χ3v) is 4.11. The van der Waals surface area contributed by atoms with Crippen molar-refractivity contribution < 1.29 is 34.2 Å². The van der Waals surface area contributed by atoms with Gasteiger partial charge < -0.3 is 37.6 Å². The molecule has 12 heteroatoms. The molecule has 12 nitrogen and oxygen atoms in total. The highest BCUT2D eigenvalue weighted by atomic mass is 16.4. The molecule has 0 saturated carbocycles. The van der Waals surface area contributed by atoms with Gasteiger partial charge in [-0.2, -0.15) is 0 Å². The molecule has 0 heterocycles. The average Bonchev–Trinajstić information content (AvgIpc) is 2.60. The smallest absolute Gasteiger partial charge is 0.326 e. The van der Waals surface area contributed by atoms with Crippen LogP contribution in [0.15, 0.2) is 0 Å². The summed E-state index contributed by atoms with van der Waals surface area (Å²) in [5, 5.41) is 26.1. The molecular weight excluding hydrogens is 398 g/mol. The molecule has 5 atom stereocenters. The molecule has 0 aromatic rings. The maximum atomic E-state index is 12.6. The van der Waals surface area contributed by atoms with E-state index in [1.165, 1.54) is 13.8 Å². The number of hydrogen-bond donors (Lipinski definition) is 7. The van der Waals surface area contributed by atoms with Crippen LogP contribution in [0.5, 0.6) is 0 Å². The maximum Gasteiger partial charge on any atom is 0.326 e. The first kappa shape index (κ1) is 27.3. The van der Waals surface area contributed by atoms with E-state index in [0.717, 1.165) is 0 Å². The molecule has 9 N–H and O–H groups in total. The molecule has 30 heavy (non-hydrogen) atoms. The van der Waals surface area contributed by atoms with Gasteiger partial charge in [-0.05, 0) is 32.6 Å². The fourth-order valence-electron chi connectivity index (χ4n) is 2.47. The summed E-state index contributed by atoms with van der Waals surface area (Å²) in [4.78, 5) is 59.4. The average molecular weight is 431 g/mol. The van der Waals surface area contributed by atoms with Gasteiger partial charge in [0.2, 0.25) is 23.6 Å². The number of amides is 4. The summed E-state index contributed by atoms with van der Waals surface area (Å²) in [6, 6.07) is -4.87. The number of nitrogens with two attached hydrogens (primary N) is 2. The normalized spacial score (nSPS) is 16.0. The highest BCUT2D eigenvalue weighted by Crippen LogP contribution is 2.07. The minimum Gasteiger partial charge on any atom is -0.480 e. The van der Waals surface area contributed by atoms with Gasteiger partial charge in [-0.25, -0.2) is 4.79 Å². The Hall–Kier alpha value is -2.73.